The van der Waals surface area contributed by atoms with E-state index in [1.807, 2.05) is 31.2 Å². The number of nitrogens with zero attached hydrogens (tertiary/aromatic N) is 1. The number of hydrogen-bond donors (Lipinski definition) is 3. The summed E-state index contributed by atoms with van der Waals surface area (Å²) in [6, 6.07) is 10.6. The minimum atomic E-state index is -0.0954. The highest BCUT2D eigenvalue weighted by atomic mass is 35.5. The molecule has 6 nitrogen and oxygen atoms in total. The Morgan fingerprint density at radius 2 is 2.08 bits per heavy atom. The smallest absolute Gasteiger partial charge is 0.191 e. The maximum Gasteiger partial charge on any atom is 0.191 e. The van der Waals surface area contributed by atoms with Crippen molar-refractivity contribution in [2.75, 3.05) is 19.0 Å². The first kappa shape index (κ1) is 18.8. The molecular formula is C17H18ClN3O3S. The first-order chi connectivity index (χ1) is 12.0. The molecule has 0 atom stereocenters. The van der Waals surface area contributed by atoms with Gasteiger partial charge in [0.2, 0.25) is 0 Å². The highest BCUT2D eigenvalue weighted by molar-refractivity contribution is 7.80. The number of halogens is 1. The summed E-state index contributed by atoms with van der Waals surface area (Å²) in [7, 11) is 1.58. The van der Waals surface area contributed by atoms with Crippen molar-refractivity contribution in [2.45, 2.75) is 6.92 Å². The second-order valence-corrected chi connectivity index (χ2v) is 5.62. The number of hydrazone groups is 1. The van der Waals surface area contributed by atoms with Gasteiger partial charge in [0.15, 0.2) is 16.6 Å². The zero-order valence-corrected chi connectivity index (χ0v) is 15.3. The Morgan fingerprint density at radius 3 is 2.80 bits per heavy atom. The van der Waals surface area contributed by atoms with E-state index in [1.165, 1.54) is 6.21 Å². The van der Waals surface area contributed by atoms with E-state index < -0.39 is 0 Å². The van der Waals surface area contributed by atoms with Crippen LogP contribution in [-0.2, 0) is 0 Å². The van der Waals surface area contributed by atoms with Gasteiger partial charge in [0.25, 0.3) is 0 Å². The largest absolute Gasteiger partial charge is 0.503 e. The molecule has 0 unspecified atom stereocenters. The van der Waals surface area contributed by atoms with Gasteiger partial charge in [-0.3, -0.25) is 5.43 Å². The average Bonchev–Trinajstić information content (AvgIpc) is 2.60. The van der Waals surface area contributed by atoms with E-state index in [0.717, 1.165) is 5.69 Å². The number of anilines is 1. The fourth-order valence-electron chi connectivity index (χ4n) is 2.00. The molecule has 2 rings (SSSR count). The Balaban J connectivity index is 2.02. The maximum atomic E-state index is 9.82. The third-order valence-electron chi connectivity index (χ3n) is 3.09. The molecule has 0 bridgehead atoms. The Kier molecular flexibility index (Phi) is 6.85. The summed E-state index contributed by atoms with van der Waals surface area (Å²) >= 11 is 11.2. The molecule has 0 spiro atoms. The van der Waals surface area contributed by atoms with Gasteiger partial charge < -0.3 is 19.9 Å². The van der Waals surface area contributed by atoms with Gasteiger partial charge in [-0.05, 0) is 49.0 Å². The molecule has 2 aromatic carbocycles. The van der Waals surface area contributed by atoms with Crippen molar-refractivity contribution in [1.29, 1.82) is 0 Å². The lowest BCUT2D eigenvalue weighted by Gasteiger charge is -2.11. The van der Waals surface area contributed by atoms with E-state index in [-0.39, 0.29) is 10.8 Å². The molecular weight excluding hydrogens is 362 g/mol. The molecule has 3 N–H and O–H groups in total. The number of aromatic hydroxyl groups is 1. The number of methoxy groups -OCH3 is 1. The van der Waals surface area contributed by atoms with Crippen molar-refractivity contribution in [3.05, 3.63) is 47.0 Å². The number of rotatable bonds is 6. The molecule has 0 aliphatic heterocycles. The van der Waals surface area contributed by atoms with Gasteiger partial charge in [0.1, 0.15) is 5.75 Å². The second-order valence-electron chi connectivity index (χ2n) is 4.81. The molecule has 2 aromatic rings. The van der Waals surface area contributed by atoms with Crippen molar-refractivity contribution in [2.24, 2.45) is 5.10 Å². The number of phenolic OH excluding ortho intramolecular Hbond substituents is 1. The summed E-state index contributed by atoms with van der Waals surface area (Å²) < 4.78 is 10.6. The number of phenols is 1. The van der Waals surface area contributed by atoms with Crippen molar-refractivity contribution >= 4 is 40.8 Å². The van der Waals surface area contributed by atoms with E-state index >= 15 is 0 Å². The average molecular weight is 380 g/mol. The lowest BCUT2D eigenvalue weighted by Crippen LogP contribution is -2.24. The molecule has 0 radical (unpaired) electrons. The normalized spacial score (nSPS) is 10.5. The van der Waals surface area contributed by atoms with Gasteiger partial charge in [0, 0.05) is 0 Å². The summed E-state index contributed by atoms with van der Waals surface area (Å²) in [5.74, 6) is 0.871. The molecule has 0 heterocycles. The summed E-state index contributed by atoms with van der Waals surface area (Å²) in [6.45, 7) is 2.23. The monoisotopic (exact) mass is 379 g/mol. The fraction of sp³-hybridized carbons (Fsp3) is 0.176. The molecule has 0 saturated heterocycles. The topological polar surface area (TPSA) is 75.1 Å². The van der Waals surface area contributed by atoms with Crippen molar-refractivity contribution in [3.8, 4) is 17.2 Å². The van der Waals surface area contributed by atoms with Gasteiger partial charge >= 0.3 is 0 Å². The molecule has 8 heteroatoms. The molecule has 0 saturated carbocycles. The Morgan fingerprint density at radius 1 is 1.32 bits per heavy atom. The predicted molar refractivity (Wildman–Crippen MR) is 104 cm³/mol. The lowest BCUT2D eigenvalue weighted by molar-refractivity contribution is 0.318. The number of nitrogens with one attached hydrogen (secondary N) is 2. The van der Waals surface area contributed by atoms with E-state index in [1.54, 1.807) is 19.2 Å². The van der Waals surface area contributed by atoms with Gasteiger partial charge in [-0.2, -0.15) is 5.10 Å². The molecule has 0 aliphatic carbocycles. The first-order valence-corrected chi connectivity index (χ1v) is 8.22. The number of thiocarbonyl (C=S) groups is 1. The number of para-hydroxylation sites is 2. The third kappa shape index (κ3) is 5.23. The predicted octanol–water partition coefficient (Wildman–Crippen LogP) is 3.77. The van der Waals surface area contributed by atoms with Crippen LogP contribution in [0.4, 0.5) is 5.69 Å². The summed E-state index contributed by atoms with van der Waals surface area (Å²) in [5.41, 5.74) is 4.08. The Bertz CT molecular complexity index is 784. The Hall–Kier alpha value is -2.51. The quantitative estimate of drug-likeness (QED) is 0.403. The van der Waals surface area contributed by atoms with Crippen LogP contribution in [0.2, 0.25) is 5.02 Å². The minimum absolute atomic E-state index is 0.0954. The molecule has 0 amide bonds. The van der Waals surface area contributed by atoms with E-state index in [9.17, 15) is 5.11 Å². The van der Waals surface area contributed by atoms with Crippen LogP contribution in [0.1, 0.15) is 12.5 Å². The third-order valence-corrected chi connectivity index (χ3v) is 3.57. The number of benzene rings is 2. The van der Waals surface area contributed by atoms with Crippen LogP contribution >= 0.6 is 23.8 Å². The van der Waals surface area contributed by atoms with E-state index in [4.69, 9.17) is 33.3 Å². The molecule has 0 aliphatic rings. The fourth-order valence-corrected chi connectivity index (χ4v) is 2.38. The van der Waals surface area contributed by atoms with E-state index in [2.05, 4.69) is 15.8 Å². The molecule has 0 fully saturated rings. The zero-order chi connectivity index (χ0) is 18.2. The molecule has 0 aromatic heterocycles. The summed E-state index contributed by atoms with van der Waals surface area (Å²) in [4.78, 5) is 0. The van der Waals surface area contributed by atoms with Crippen molar-refractivity contribution in [1.82, 2.24) is 5.43 Å². The maximum absolute atomic E-state index is 9.82. The Labute approximate surface area is 156 Å². The first-order valence-electron chi connectivity index (χ1n) is 7.43. The molecule has 25 heavy (non-hydrogen) atoms. The standard InChI is InChI=1S/C17H18ClN3O3S/c1-3-24-15-9-11(8-12(18)16(15)22)10-19-21-17(25)20-13-6-4-5-7-14(13)23-2/h4-10,22H,3H2,1-2H3,(H2,20,21,25)/b19-10+. The van der Waals surface area contributed by atoms with Crippen molar-refractivity contribution < 1.29 is 14.6 Å². The van der Waals surface area contributed by atoms with Crippen molar-refractivity contribution in [3.63, 3.8) is 0 Å². The van der Waals surface area contributed by atoms with Crippen LogP contribution in [0.15, 0.2) is 41.5 Å². The van der Waals surface area contributed by atoms with Crippen LogP contribution in [0.25, 0.3) is 0 Å². The number of ether oxygens (including phenoxy) is 2. The summed E-state index contributed by atoms with van der Waals surface area (Å²) in [5, 5.41) is 17.3. The minimum Gasteiger partial charge on any atom is -0.503 e. The van der Waals surface area contributed by atoms with Crippen LogP contribution in [-0.4, -0.2) is 30.2 Å². The van der Waals surface area contributed by atoms with Crippen LogP contribution in [0.5, 0.6) is 17.2 Å². The summed E-state index contributed by atoms with van der Waals surface area (Å²) in [6.07, 6.45) is 1.52. The second kappa shape index (κ2) is 9.10. The van der Waals surface area contributed by atoms with E-state index in [0.29, 0.717) is 28.8 Å². The molecule has 132 valence electrons. The van der Waals surface area contributed by atoms with Crippen LogP contribution < -0.4 is 20.2 Å². The highest BCUT2D eigenvalue weighted by Gasteiger charge is 2.08. The van der Waals surface area contributed by atoms with Gasteiger partial charge in [-0.15, -0.1) is 0 Å². The number of hydrogen-bond acceptors (Lipinski definition) is 5. The van der Waals surface area contributed by atoms with Crippen LogP contribution in [0.3, 0.4) is 0 Å². The highest BCUT2D eigenvalue weighted by Crippen LogP contribution is 2.34. The van der Waals surface area contributed by atoms with Crippen LogP contribution in [0, 0.1) is 0 Å². The van der Waals surface area contributed by atoms with Gasteiger partial charge in [-0.25, -0.2) is 0 Å². The lowest BCUT2D eigenvalue weighted by atomic mass is 10.2. The van der Waals surface area contributed by atoms with Gasteiger partial charge in [-0.1, -0.05) is 23.7 Å². The SMILES string of the molecule is CCOc1cc(/C=N/NC(=S)Nc2ccccc2OC)cc(Cl)c1O. The van der Waals surface area contributed by atoms with Gasteiger partial charge in [0.05, 0.1) is 30.6 Å². The zero-order valence-electron chi connectivity index (χ0n) is 13.7.